The molecule has 15 heavy (non-hydrogen) atoms. The van der Waals surface area contributed by atoms with Crippen LogP contribution in [0.4, 0.5) is 0 Å². The maximum atomic E-state index is 11.6. The first-order valence-electron chi connectivity index (χ1n) is 6.44. The molecule has 2 fully saturated rings. The molecule has 0 radical (unpaired) electrons. The Morgan fingerprint density at radius 1 is 1.27 bits per heavy atom. The fourth-order valence-corrected chi connectivity index (χ4v) is 3.26. The van der Waals surface area contributed by atoms with Crippen LogP contribution in [0, 0.1) is 11.8 Å². The highest BCUT2D eigenvalue weighted by atomic mass is 16.1. The highest BCUT2D eigenvalue weighted by Gasteiger charge is 2.35. The normalized spacial score (nSPS) is 33.9. The third kappa shape index (κ3) is 2.41. The topological polar surface area (TPSA) is 20.3 Å². The second kappa shape index (κ2) is 4.65. The SMILES string of the molecule is CC(C)C1CCC(=O)CC1N1CCCC1. The predicted molar refractivity (Wildman–Crippen MR) is 61.8 cm³/mol. The number of Topliss-reactive ketones (excluding diaryl/α,β-unsaturated/α-hetero) is 1. The number of likely N-dealkylation sites (tertiary alicyclic amines) is 1. The number of hydrogen-bond donors (Lipinski definition) is 0. The van der Waals surface area contributed by atoms with E-state index in [0.717, 1.165) is 31.1 Å². The van der Waals surface area contributed by atoms with Crippen LogP contribution < -0.4 is 0 Å². The molecule has 0 spiro atoms. The van der Waals surface area contributed by atoms with Crippen LogP contribution in [0.5, 0.6) is 0 Å². The van der Waals surface area contributed by atoms with Crippen LogP contribution in [0.2, 0.25) is 0 Å². The van der Waals surface area contributed by atoms with Crippen LogP contribution >= 0.6 is 0 Å². The van der Waals surface area contributed by atoms with Gasteiger partial charge in [-0.3, -0.25) is 9.69 Å². The molecule has 2 unspecified atom stereocenters. The third-order valence-corrected chi connectivity index (χ3v) is 4.15. The highest BCUT2D eigenvalue weighted by molar-refractivity contribution is 5.79. The third-order valence-electron chi connectivity index (χ3n) is 4.15. The first kappa shape index (κ1) is 11.1. The molecule has 0 aromatic carbocycles. The molecule has 0 aromatic heterocycles. The quantitative estimate of drug-likeness (QED) is 0.696. The molecule has 0 N–H and O–H groups in total. The molecule has 1 aliphatic carbocycles. The van der Waals surface area contributed by atoms with Gasteiger partial charge in [-0.25, -0.2) is 0 Å². The van der Waals surface area contributed by atoms with Crippen molar-refractivity contribution in [2.45, 2.75) is 52.0 Å². The summed E-state index contributed by atoms with van der Waals surface area (Å²) in [5.41, 5.74) is 0. The molecule has 2 heteroatoms. The van der Waals surface area contributed by atoms with Crippen LogP contribution in [-0.4, -0.2) is 29.8 Å². The number of ketones is 1. The summed E-state index contributed by atoms with van der Waals surface area (Å²) in [7, 11) is 0. The summed E-state index contributed by atoms with van der Waals surface area (Å²) in [6, 6.07) is 0.564. The van der Waals surface area contributed by atoms with Gasteiger partial charge in [-0.2, -0.15) is 0 Å². The molecular weight excluding hydrogens is 186 g/mol. The molecular formula is C13H23NO. The summed E-state index contributed by atoms with van der Waals surface area (Å²) in [5.74, 6) is 1.97. The molecule has 0 bridgehead atoms. The average molecular weight is 209 g/mol. The van der Waals surface area contributed by atoms with E-state index in [-0.39, 0.29) is 0 Å². The van der Waals surface area contributed by atoms with Gasteiger partial charge in [-0.1, -0.05) is 13.8 Å². The lowest BCUT2D eigenvalue weighted by Crippen LogP contribution is -2.45. The summed E-state index contributed by atoms with van der Waals surface area (Å²) in [6.45, 7) is 7.06. The minimum Gasteiger partial charge on any atom is -0.300 e. The van der Waals surface area contributed by atoms with Crippen molar-refractivity contribution in [2.24, 2.45) is 11.8 Å². The average Bonchev–Trinajstić information content (AvgIpc) is 2.69. The van der Waals surface area contributed by atoms with Gasteiger partial charge in [0.15, 0.2) is 0 Å². The molecule has 1 saturated carbocycles. The van der Waals surface area contributed by atoms with Crippen molar-refractivity contribution >= 4 is 5.78 Å². The van der Waals surface area contributed by atoms with Crippen LogP contribution in [0.1, 0.15) is 46.0 Å². The lowest BCUT2D eigenvalue weighted by molar-refractivity contribution is -0.123. The van der Waals surface area contributed by atoms with Crippen LogP contribution in [0.3, 0.4) is 0 Å². The van der Waals surface area contributed by atoms with E-state index in [9.17, 15) is 4.79 Å². The second-order valence-corrected chi connectivity index (χ2v) is 5.50. The Balaban J connectivity index is 2.05. The summed E-state index contributed by atoms with van der Waals surface area (Å²) < 4.78 is 0. The van der Waals surface area contributed by atoms with Gasteiger partial charge >= 0.3 is 0 Å². The van der Waals surface area contributed by atoms with Crippen LogP contribution in [-0.2, 0) is 4.79 Å². The zero-order valence-corrected chi connectivity index (χ0v) is 10.0. The molecule has 2 aliphatic rings. The van der Waals surface area contributed by atoms with Crippen molar-refractivity contribution in [3.8, 4) is 0 Å². The van der Waals surface area contributed by atoms with Crippen molar-refractivity contribution < 1.29 is 4.79 Å². The number of carbonyl (C=O) groups is 1. The standard InChI is InChI=1S/C13H23NO/c1-10(2)12-6-5-11(15)9-13(12)14-7-3-4-8-14/h10,12-13H,3-9H2,1-2H3. The Kier molecular flexibility index (Phi) is 3.45. The Morgan fingerprint density at radius 2 is 1.93 bits per heavy atom. The van der Waals surface area contributed by atoms with E-state index in [1.54, 1.807) is 0 Å². The van der Waals surface area contributed by atoms with Gasteiger partial charge < -0.3 is 0 Å². The van der Waals surface area contributed by atoms with E-state index < -0.39 is 0 Å². The van der Waals surface area contributed by atoms with E-state index in [2.05, 4.69) is 18.7 Å². The van der Waals surface area contributed by atoms with Gasteiger partial charge in [-0.05, 0) is 44.2 Å². The summed E-state index contributed by atoms with van der Waals surface area (Å²) in [6.07, 6.45) is 5.43. The highest BCUT2D eigenvalue weighted by Crippen LogP contribution is 2.33. The van der Waals surface area contributed by atoms with E-state index in [1.807, 2.05) is 0 Å². The maximum absolute atomic E-state index is 11.6. The molecule has 2 rings (SSSR count). The number of nitrogens with zero attached hydrogens (tertiary/aromatic N) is 1. The molecule has 1 heterocycles. The second-order valence-electron chi connectivity index (χ2n) is 5.50. The number of hydrogen-bond acceptors (Lipinski definition) is 2. The van der Waals surface area contributed by atoms with Gasteiger partial charge in [0, 0.05) is 18.9 Å². The largest absolute Gasteiger partial charge is 0.300 e. The van der Waals surface area contributed by atoms with Gasteiger partial charge in [0.05, 0.1) is 0 Å². The summed E-state index contributed by atoms with van der Waals surface area (Å²) >= 11 is 0. The molecule has 0 amide bonds. The van der Waals surface area contributed by atoms with E-state index in [4.69, 9.17) is 0 Å². The lowest BCUT2D eigenvalue weighted by atomic mass is 9.76. The Labute approximate surface area is 93.0 Å². The van der Waals surface area contributed by atoms with E-state index in [1.165, 1.54) is 25.9 Å². The lowest BCUT2D eigenvalue weighted by Gasteiger charge is -2.39. The van der Waals surface area contributed by atoms with Gasteiger partial charge in [0.1, 0.15) is 5.78 Å². The Bertz CT molecular complexity index is 231. The molecule has 86 valence electrons. The fourth-order valence-electron chi connectivity index (χ4n) is 3.26. The van der Waals surface area contributed by atoms with E-state index in [0.29, 0.717) is 11.8 Å². The summed E-state index contributed by atoms with van der Waals surface area (Å²) in [4.78, 5) is 14.1. The van der Waals surface area contributed by atoms with Crippen molar-refractivity contribution in [1.82, 2.24) is 4.90 Å². The number of rotatable bonds is 2. The minimum atomic E-state index is 0.490. The van der Waals surface area contributed by atoms with Gasteiger partial charge in [0.2, 0.25) is 0 Å². The fraction of sp³-hybridized carbons (Fsp3) is 0.923. The minimum absolute atomic E-state index is 0.490. The predicted octanol–water partition coefficient (Wildman–Crippen LogP) is 2.48. The Hall–Kier alpha value is -0.370. The zero-order chi connectivity index (χ0) is 10.8. The zero-order valence-electron chi connectivity index (χ0n) is 10.0. The molecule has 1 aliphatic heterocycles. The first-order valence-corrected chi connectivity index (χ1v) is 6.44. The smallest absolute Gasteiger partial charge is 0.134 e. The number of carbonyl (C=O) groups excluding carboxylic acids is 1. The monoisotopic (exact) mass is 209 g/mol. The maximum Gasteiger partial charge on any atom is 0.134 e. The Morgan fingerprint density at radius 3 is 2.53 bits per heavy atom. The molecule has 2 nitrogen and oxygen atoms in total. The van der Waals surface area contributed by atoms with Gasteiger partial charge in [0.25, 0.3) is 0 Å². The van der Waals surface area contributed by atoms with Crippen molar-refractivity contribution in [3.05, 3.63) is 0 Å². The molecule has 0 aromatic rings. The van der Waals surface area contributed by atoms with Gasteiger partial charge in [-0.15, -0.1) is 0 Å². The van der Waals surface area contributed by atoms with Crippen LogP contribution in [0.25, 0.3) is 0 Å². The van der Waals surface area contributed by atoms with Crippen molar-refractivity contribution in [2.75, 3.05) is 13.1 Å². The molecule has 2 atom stereocenters. The van der Waals surface area contributed by atoms with Crippen LogP contribution in [0.15, 0.2) is 0 Å². The molecule has 1 saturated heterocycles. The first-order chi connectivity index (χ1) is 7.18. The summed E-state index contributed by atoms with van der Waals surface area (Å²) in [5, 5.41) is 0. The van der Waals surface area contributed by atoms with Crippen molar-refractivity contribution in [3.63, 3.8) is 0 Å². The van der Waals surface area contributed by atoms with Crippen molar-refractivity contribution in [1.29, 1.82) is 0 Å². The van der Waals surface area contributed by atoms with E-state index >= 15 is 0 Å².